The summed E-state index contributed by atoms with van der Waals surface area (Å²) >= 11 is 1.21. The summed E-state index contributed by atoms with van der Waals surface area (Å²) in [6.07, 6.45) is 0.949. The molecule has 3 aromatic rings. The number of alkyl halides is 2. The van der Waals surface area contributed by atoms with E-state index in [-0.39, 0.29) is 12.2 Å². The number of aromatic nitrogens is 3. The van der Waals surface area contributed by atoms with Crippen molar-refractivity contribution < 1.29 is 18.4 Å². The van der Waals surface area contributed by atoms with E-state index in [2.05, 4.69) is 15.6 Å². The van der Waals surface area contributed by atoms with Gasteiger partial charge in [0.05, 0.1) is 30.2 Å². The minimum atomic E-state index is -2.96. The van der Waals surface area contributed by atoms with Gasteiger partial charge in [-0.25, -0.2) is 13.5 Å². The van der Waals surface area contributed by atoms with Crippen LogP contribution in [0.15, 0.2) is 54.0 Å². The molecule has 0 bridgehead atoms. The quantitative estimate of drug-likeness (QED) is 0.651. The molecule has 4 rings (SSSR count). The minimum absolute atomic E-state index is 0.0334. The van der Waals surface area contributed by atoms with Crippen LogP contribution in [0.3, 0.4) is 0 Å². The molecule has 0 spiro atoms. The molecule has 1 saturated heterocycles. The van der Waals surface area contributed by atoms with E-state index in [4.69, 9.17) is 0 Å². The van der Waals surface area contributed by atoms with Gasteiger partial charge in [-0.1, -0.05) is 41.6 Å². The number of nitrogens with one attached hydrogen (secondary N) is 1. The van der Waals surface area contributed by atoms with Crippen molar-refractivity contribution in [3.63, 3.8) is 0 Å². The first-order valence-corrected chi connectivity index (χ1v) is 10.2. The molecule has 10 heteroatoms. The Morgan fingerprint density at radius 2 is 2.00 bits per heavy atom. The predicted octanol–water partition coefficient (Wildman–Crippen LogP) is 2.82. The SMILES string of the molecule is O=C(NCc1ccccc1)c1cn(C[C@@H]2CC(F)(F)CN2C(=O)c2cccs2)nn1. The average molecular weight is 431 g/mol. The fourth-order valence-corrected chi connectivity index (χ4v) is 4.10. The average Bonchev–Trinajstić information content (AvgIpc) is 3.47. The maximum absolute atomic E-state index is 14.0. The fraction of sp³-hybridized carbons (Fsp3) is 0.300. The second-order valence-electron chi connectivity index (χ2n) is 7.12. The molecule has 1 aliphatic heterocycles. The first-order chi connectivity index (χ1) is 14.4. The third kappa shape index (κ3) is 4.54. The molecule has 0 saturated carbocycles. The van der Waals surface area contributed by atoms with Gasteiger partial charge in [-0.3, -0.25) is 9.59 Å². The molecule has 30 heavy (non-hydrogen) atoms. The van der Waals surface area contributed by atoms with Crippen molar-refractivity contribution in [2.75, 3.05) is 6.54 Å². The highest BCUT2D eigenvalue weighted by atomic mass is 32.1. The number of benzene rings is 1. The smallest absolute Gasteiger partial charge is 0.273 e. The van der Waals surface area contributed by atoms with Gasteiger partial charge in [0.15, 0.2) is 5.69 Å². The standard InChI is InChI=1S/C20H19F2N5O2S/c21-20(22)9-15(27(13-20)19(29)17-7-4-8-30-17)11-26-12-16(24-25-26)18(28)23-10-14-5-2-1-3-6-14/h1-8,12,15H,9-11,13H2,(H,23,28)/t15-/m0/s1. The Hall–Kier alpha value is -3.14. The van der Waals surface area contributed by atoms with E-state index in [1.807, 2.05) is 30.3 Å². The summed E-state index contributed by atoms with van der Waals surface area (Å²) in [7, 11) is 0. The number of nitrogens with zero attached hydrogens (tertiary/aromatic N) is 4. The van der Waals surface area contributed by atoms with E-state index < -0.39 is 36.7 Å². The van der Waals surface area contributed by atoms with Gasteiger partial charge >= 0.3 is 0 Å². The molecule has 2 aromatic heterocycles. The number of rotatable bonds is 6. The molecule has 3 heterocycles. The summed E-state index contributed by atoms with van der Waals surface area (Å²) in [5.74, 6) is -3.80. The Bertz CT molecular complexity index is 1020. The van der Waals surface area contributed by atoms with Crippen molar-refractivity contribution in [1.29, 1.82) is 0 Å². The van der Waals surface area contributed by atoms with Gasteiger partial charge in [-0.2, -0.15) is 0 Å². The third-order valence-corrected chi connectivity index (χ3v) is 5.69. The van der Waals surface area contributed by atoms with E-state index in [1.165, 1.54) is 27.1 Å². The van der Waals surface area contributed by atoms with E-state index in [0.717, 1.165) is 5.56 Å². The summed E-state index contributed by atoms with van der Waals surface area (Å²) in [5, 5.41) is 12.2. The number of likely N-dealkylation sites (tertiary alicyclic amines) is 1. The van der Waals surface area contributed by atoms with E-state index in [9.17, 15) is 18.4 Å². The number of carbonyl (C=O) groups excluding carboxylic acids is 2. The summed E-state index contributed by atoms with van der Waals surface area (Å²) < 4.78 is 29.4. The van der Waals surface area contributed by atoms with Crippen LogP contribution in [0.2, 0.25) is 0 Å². The zero-order valence-electron chi connectivity index (χ0n) is 15.9. The van der Waals surface area contributed by atoms with Crippen LogP contribution in [0.4, 0.5) is 8.78 Å². The normalized spacial score (nSPS) is 17.8. The molecule has 1 aliphatic rings. The van der Waals surface area contributed by atoms with E-state index in [0.29, 0.717) is 11.4 Å². The lowest BCUT2D eigenvalue weighted by Gasteiger charge is -2.23. The predicted molar refractivity (Wildman–Crippen MR) is 106 cm³/mol. The molecule has 1 aromatic carbocycles. The van der Waals surface area contributed by atoms with Crippen molar-refractivity contribution in [3.8, 4) is 0 Å². The van der Waals surface area contributed by atoms with Crippen LogP contribution in [0.5, 0.6) is 0 Å². The number of hydrogen-bond donors (Lipinski definition) is 1. The first kappa shape index (κ1) is 20.1. The highest BCUT2D eigenvalue weighted by Gasteiger charge is 2.47. The van der Waals surface area contributed by atoms with Gasteiger partial charge < -0.3 is 10.2 Å². The zero-order chi connectivity index (χ0) is 21.1. The Balaban J connectivity index is 1.41. The lowest BCUT2D eigenvalue weighted by atomic mass is 10.2. The molecule has 7 nitrogen and oxygen atoms in total. The highest BCUT2D eigenvalue weighted by Crippen LogP contribution is 2.34. The fourth-order valence-electron chi connectivity index (χ4n) is 3.42. The largest absolute Gasteiger partial charge is 0.347 e. The Labute approximate surface area is 175 Å². The molecule has 1 atom stereocenters. The van der Waals surface area contributed by atoms with Crippen molar-refractivity contribution >= 4 is 23.2 Å². The molecular weight excluding hydrogens is 412 g/mol. The van der Waals surface area contributed by atoms with Gasteiger partial charge in [0.2, 0.25) is 0 Å². The lowest BCUT2D eigenvalue weighted by molar-refractivity contribution is 0.0118. The summed E-state index contributed by atoms with van der Waals surface area (Å²) in [6, 6.07) is 12.0. The van der Waals surface area contributed by atoms with Crippen molar-refractivity contribution in [2.24, 2.45) is 0 Å². The number of halogens is 2. The third-order valence-electron chi connectivity index (χ3n) is 4.83. The van der Waals surface area contributed by atoms with Gasteiger partial charge in [-0.05, 0) is 17.0 Å². The maximum atomic E-state index is 14.0. The van der Waals surface area contributed by atoms with Crippen LogP contribution >= 0.6 is 11.3 Å². The van der Waals surface area contributed by atoms with Crippen LogP contribution in [0.1, 0.15) is 32.1 Å². The zero-order valence-corrected chi connectivity index (χ0v) is 16.7. The van der Waals surface area contributed by atoms with Crippen molar-refractivity contribution in [1.82, 2.24) is 25.2 Å². The van der Waals surface area contributed by atoms with Crippen LogP contribution in [0.25, 0.3) is 0 Å². The lowest BCUT2D eigenvalue weighted by Crippen LogP contribution is -2.38. The number of hydrogen-bond acceptors (Lipinski definition) is 5. The van der Waals surface area contributed by atoms with Crippen molar-refractivity contribution in [2.45, 2.75) is 31.5 Å². The molecule has 0 aliphatic carbocycles. The number of carbonyl (C=O) groups is 2. The second-order valence-corrected chi connectivity index (χ2v) is 8.07. The van der Waals surface area contributed by atoms with Crippen LogP contribution in [0, 0.1) is 0 Å². The van der Waals surface area contributed by atoms with Crippen LogP contribution in [-0.2, 0) is 13.1 Å². The van der Waals surface area contributed by atoms with Crippen molar-refractivity contribution in [3.05, 3.63) is 70.2 Å². The second kappa shape index (κ2) is 8.31. The summed E-state index contributed by atoms with van der Waals surface area (Å²) in [4.78, 5) is 26.5. The van der Waals surface area contributed by atoms with E-state index in [1.54, 1.807) is 17.5 Å². The summed E-state index contributed by atoms with van der Waals surface area (Å²) in [6.45, 7) is -0.260. The van der Waals surface area contributed by atoms with Crippen LogP contribution < -0.4 is 5.32 Å². The van der Waals surface area contributed by atoms with Gasteiger partial charge in [0.1, 0.15) is 0 Å². The number of thiophene rings is 1. The molecule has 2 amide bonds. The van der Waals surface area contributed by atoms with Gasteiger partial charge in [-0.15, -0.1) is 16.4 Å². The number of amides is 2. The Kier molecular flexibility index (Phi) is 5.58. The minimum Gasteiger partial charge on any atom is -0.347 e. The molecule has 1 N–H and O–H groups in total. The van der Waals surface area contributed by atoms with Gasteiger partial charge in [0, 0.05) is 13.0 Å². The van der Waals surface area contributed by atoms with Gasteiger partial charge in [0.25, 0.3) is 17.7 Å². The topological polar surface area (TPSA) is 80.1 Å². The molecular formula is C20H19F2N5O2S. The van der Waals surface area contributed by atoms with Crippen LogP contribution in [-0.4, -0.2) is 50.2 Å². The molecule has 156 valence electrons. The molecule has 0 radical (unpaired) electrons. The highest BCUT2D eigenvalue weighted by molar-refractivity contribution is 7.12. The Morgan fingerprint density at radius 3 is 2.73 bits per heavy atom. The van der Waals surface area contributed by atoms with E-state index >= 15 is 0 Å². The molecule has 1 fully saturated rings. The molecule has 0 unspecified atom stereocenters. The monoisotopic (exact) mass is 431 g/mol. The summed E-state index contributed by atoms with van der Waals surface area (Å²) in [5.41, 5.74) is 1.03. The first-order valence-electron chi connectivity index (χ1n) is 9.36. The maximum Gasteiger partial charge on any atom is 0.273 e. The Morgan fingerprint density at radius 1 is 1.20 bits per heavy atom.